The minimum absolute atomic E-state index is 0.0127. The lowest BCUT2D eigenvalue weighted by atomic mass is 9.68. The highest BCUT2D eigenvalue weighted by Gasteiger charge is 2.45. The molecule has 1 aliphatic carbocycles. The Morgan fingerprint density at radius 1 is 1.25 bits per heavy atom. The molecule has 7 heteroatoms. The average Bonchev–Trinajstić information content (AvgIpc) is 2.40. The van der Waals surface area contributed by atoms with E-state index in [1.165, 1.54) is 0 Å². The molecule has 0 atom stereocenters. The lowest BCUT2D eigenvalue weighted by Gasteiger charge is -2.39. The van der Waals surface area contributed by atoms with Crippen molar-refractivity contribution in [2.24, 2.45) is 5.73 Å². The second kappa shape index (κ2) is 5.05. The van der Waals surface area contributed by atoms with Crippen LogP contribution in [0, 0.1) is 15.9 Å². The largest absolute Gasteiger partial charge is 0.330 e. The molecule has 110 valence electrons. The molecule has 0 bridgehead atoms. The second-order valence-corrected chi connectivity index (χ2v) is 5.26. The first kappa shape index (κ1) is 14.8. The third-order valence-electron chi connectivity index (χ3n) is 4.06. The van der Waals surface area contributed by atoms with Crippen molar-refractivity contribution >= 4 is 5.69 Å². The Morgan fingerprint density at radius 2 is 1.85 bits per heavy atom. The Labute approximate surface area is 113 Å². The Morgan fingerprint density at radius 3 is 2.35 bits per heavy atom. The van der Waals surface area contributed by atoms with Crippen molar-refractivity contribution in [2.75, 3.05) is 6.54 Å². The zero-order valence-electron chi connectivity index (χ0n) is 10.7. The number of hydrogen-bond acceptors (Lipinski definition) is 3. The predicted octanol–water partition coefficient (Wildman–Crippen LogP) is 3.14. The average molecular weight is 288 g/mol. The van der Waals surface area contributed by atoms with Crippen molar-refractivity contribution in [1.82, 2.24) is 0 Å². The van der Waals surface area contributed by atoms with Gasteiger partial charge in [0.25, 0.3) is 5.69 Å². The number of rotatable bonds is 3. The first-order valence-electron chi connectivity index (χ1n) is 6.32. The molecule has 4 nitrogen and oxygen atoms in total. The maximum Gasteiger partial charge on any atom is 0.269 e. The van der Waals surface area contributed by atoms with E-state index in [2.05, 4.69) is 0 Å². The molecular weight excluding hydrogens is 273 g/mol. The highest BCUT2D eigenvalue weighted by Crippen LogP contribution is 2.46. The summed E-state index contributed by atoms with van der Waals surface area (Å²) in [6.07, 6.45) is -0.720. The maximum absolute atomic E-state index is 14.0. The molecule has 0 aromatic heterocycles. The standard InChI is InChI=1S/C13H15F3N2O2/c14-11-2-1-9(18(19)20)7-10(11)12(8-17)3-5-13(15,16)6-4-12/h1-2,7H,3-6,8,17H2. The Hall–Kier alpha value is -1.63. The van der Waals surface area contributed by atoms with Gasteiger partial charge >= 0.3 is 0 Å². The van der Waals surface area contributed by atoms with Crippen molar-refractivity contribution < 1.29 is 18.1 Å². The summed E-state index contributed by atoms with van der Waals surface area (Å²) in [6, 6.07) is 3.17. The summed E-state index contributed by atoms with van der Waals surface area (Å²) in [5, 5.41) is 10.8. The zero-order chi connectivity index (χ0) is 15.0. The molecule has 1 aromatic carbocycles. The van der Waals surface area contributed by atoms with Gasteiger partial charge in [-0.1, -0.05) is 0 Å². The molecule has 0 saturated heterocycles. The van der Waals surface area contributed by atoms with Crippen molar-refractivity contribution in [3.8, 4) is 0 Å². The molecule has 0 spiro atoms. The summed E-state index contributed by atoms with van der Waals surface area (Å²) >= 11 is 0. The number of halogens is 3. The minimum atomic E-state index is -2.77. The molecule has 0 radical (unpaired) electrons. The lowest BCUT2D eigenvalue weighted by Crippen LogP contribution is -2.42. The normalized spacial score (nSPS) is 20.6. The molecule has 0 aliphatic heterocycles. The number of benzene rings is 1. The first-order valence-corrected chi connectivity index (χ1v) is 6.32. The minimum Gasteiger partial charge on any atom is -0.330 e. The zero-order valence-corrected chi connectivity index (χ0v) is 10.7. The van der Waals surface area contributed by atoms with Crippen LogP contribution in [0.4, 0.5) is 18.9 Å². The number of nitro benzene ring substituents is 1. The van der Waals surface area contributed by atoms with E-state index in [9.17, 15) is 23.3 Å². The Bertz CT molecular complexity index is 524. The van der Waals surface area contributed by atoms with E-state index in [4.69, 9.17) is 5.73 Å². The molecule has 1 saturated carbocycles. The van der Waals surface area contributed by atoms with Crippen LogP contribution in [0.2, 0.25) is 0 Å². The summed E-state index contributed by atoms with van der Waals surface area (Å²) in [7, 11) is 0. The smallest absolute Gasteiger partial charge is 0.269 e. The van der Waals surface area contributed by atoms with Crippen molar-refractivity contribution in [3.05, 3.63) is 39.7 Å². The molecule has 1 aromatic rings. The van der Waals surface area contributed by atoms with Gasteiger partial charge < -0.3 is 5.73 Å². The fourth-order valence-corrected chi connectivity index (χ4v) is 2.71. The van der Waals surface area contributed by atoms with E-state index in [0.717, 1.165) is 18.2 Å². The van der Waals surface area contributed by atoms with Crippen LogP contribution in [0.1, 0.15) is 31.2 Å². The van der Waals surface area contributed by atoms with Gasteiger partial charge in [-0.2, -0.15) is 0 Å². The summed E-state index contributed by atoms with van der Waals surface area (Å²) in [6.45, 7) is -0.0127. The van der Waals surface area contributed by atoms with Gasteiger partial charge in [-0.25, -0.2) is 13.2 Å². The topological polar surface area (TPSA) is 69.2 Å². The number of alkyl halides is 2. The van der Waals surface area contributed by atoms with Gasteiger partial charge in [-0.15, -0.1) is 0 Å². The van der Waals surface area contributed by atoms with Crippen LogP contribution in [0.5, 0.6) is 0 Å². The van der Waals surface area contributed by atoms with E-state index in [-0.39, 0.29) is 43.5 Å². The van der Waals surface area contributed by atoms with Crippen molar-refractivity contribution in [3.63, 3.8) is 0 Å². The molecule has 1 fully saturated rings. The molecule has 20 heavy (non-hydrogen) atoms. The van der Waals surface area contributed by atoms with E-state index in [0.29, 0.717) is 0 Å². The van der Waals surface area contributed by atoms with Gasteiger partial charge in [0.2, 0.25) is 5.92 Å². The van der Waals surface area contributed by atoms with Crippen molar-refractivity contribution in [2.45, 2.75) is 37.0 Å². The molecule has 0 amide bonds. The van der Waals surface area contributed by atoms with Crippen molar-refractivity contribution in [1.29, 1.82) is 0 Å². The van der Waals surface area contributed by atoms with Crippen LogP contribution < -0.4 is 5.73 Å². The number of nitrogens with two attached hydrogens (primary N) is 1. The van der Waals surface area contributed by atoms with Gasteiger partial charge in [-0.05, 0) is 18.9 Å². The first-order chi connectivity index (χ1) is 9.30. The van der Waals surface area contributed by atoms with Gasteiger partial charge in [0.1, 0.15) is 5.82 Å². The molecule has 2 rings (SSSR count). The highest BCUT2D eigenvalue weighted by atomic mass is 19.3. The van der Waals surface area contributed by atoms with E-state index in [1.54, 1.807) is 0 Å². The van der Waals surface area contributed by atoms with E-state index in [1.807, 2.05) is 0 Å². The number of nitro groups is 1. The predicted molar refractivity (Wildman–Crippen MR) is 67.2 cm³/mol. The number of nitrogens with zero attached hydrogens (tertiary/aromatic N) is 1. The van der Waals surface area contributed by atoms with Crippen LogP contribution in [-0.4, -0.2) is 17.4 Å². The van der Waals surface area contributed by atoms with Crippen LogP contribution in [0.25, 0.3) is 0 Å². The SMILES string of the molecule is NCC1(c2cc([N+](=O)[O-])ccc2F)CCC(F)(F)CC1. The van der Waals surface area contributed by atoms with Crippen LogP contribution in [0.15, 0.2) is 18.2 Å². The Balaban J connectivity index is 2.42. The molecule has 0 unspecified atom stereocenters. The number of non-ortho nitro benzene ring substituents is 1. The van der Waals surface area contributed by atoms with Gasteiger partial charge in [0.05, 0.1) is 4.92 Å². The maximum atomic E-state index is 14.0. The Kier molecular flexibility index (Phi) is 3.73. The fourth-order valence-electron chi connectivity index (χ4n) is 2.71. The summed E-state index contributed by atoms with van der Waals surface area (Å²) in [5.74, 6) is -3.40. The molecule has 1 aliphatic rings. The van der Waals surface area contributed by atoms with Crippen LogP contribution in [0.3, 0.4) is 0 Å². The molecular formula is C13H15F3N2O2. The highest BCUT2D eigenvalue weighted by molar-refractivity contribution is 5.40. The van der Waals surface area contributed by atoms with Gasteiger partial charge in [-0.3, -0.25) is 10.1 Å². The lowest BCUT2D eigenvalue weighted by molar-refractivity contribution is -0.385. The number of hydrogen-bond donors (Lipinski definition) is 1. The summed E-state index contributed by atoms with van der Waals surface area (Å²) < 4.78 is 40.5. The van der Waals surface area contributed by atoms with Gasteiger partial charge in [0.15, 0.2) is 0 Å². The fraction of sp³-hybridized carbons (Fsp3) is 0.538. The monoisotopic (exact) mass is 288 g/mol. The third kappa shape index (κ3) is 2.63. The quantitative estimate of drug-likeness (QED) is 0.686. The second-order valence-electron chi connectivity index (χ2n) is 5.26. The third-order valence-corrected chi connectivity index (χ3v) is 4.06. The van der Waals surface area contributed by atoms with Crippen LogP contribution >= 0.6 is 0 Å². The summed E-state index contributed by atoms with van der Waals surface area (Å²) in [4.78, 5) is 10.1. The van der Waals surface area contributed by atoms with E-state index < -0.39 is 22.1 Å². The van der Waals surface area contributed by atoms with Gasteiger partial charge in [0, 0.05) is 42.5 Å². The van der Waals surface area contributed by atoms with Crippen LogP contribution in [-0.2, 0) is 5.41 Å². The molecule has 0 heterocycles. The van der Waals surface area contributed by atoms with E-state index >= 15 is 0 Å². The molecule has 2 N–H and O–H groups in total. The summed E-state index contributed by atoms with van der Waals surface area (Å²) in [5.41, 5.74) is 4.54.